The molecule has 1 aromatic heterocycles. The molecule has 9 heteroatoms. The molecule has 3 aliphatic rings. The van der Waals surface area contributed by atoms with Crippen LogP contribution < -0.4 is 16.0 Å². The third-order valence-electron chi connectivity index (χ3n) is 5.36. The maximum Gasteiger partial charge on any atom is 0.224 e. The molecule has 0 spiro atoms. The Balaban J connectivity index is 1.49. The van der Waals surface area contributed by atoms with Crippen molar-refractivity contribution in [2.24, 2.45) is 11.8 Å². The molecule has 2 bridgehead atoms. The van der Waals surface area contributed by atoms with Crippen LogP contribution in [0.25, 0.3) is 0 Å². The second kappa shape index (κ2) is 8.59. The van der Waals surface area contributed by atoms with E-state index in [4.69, 9.17) is 0 Å². The first-order valence-corrected chi connectivity index (χ1v) is 9.36. The minimum Gasteiger partial charge on any atom is -0.355 e. The molecule has 0 aromatic carbocycles. The molecule has 3 aliphatic heterocycles. The molecule has 26 heavy (non-hydrogen) atoms. The Labute approximate surface area is 153 Å². The van der Waals surface area contributed by atoms with Gasteiger partial charge in [0, 0.05) is 45.3 Å². The number of piperidine rings is 3. The normalized spacial score (nSPS) is 27.3. The zero-order valence-corrected chi connectivity index (χ0v) is 15.6. The summed E-state index contributed by atoms with van der Waals surface area (Å²) in [6.07, 6.45) is 4.08. The smallest absolute Gasteiger partial charge is 0.224 e. The Hall–Kier alpha value is -2.00. The van der Waals surface area contributed by atoms with Crippen LogP contribution in [0.2, 0.25) is 0 Å². The lowest BCUT2D eigenvalue weighted by Gasteiger charge is -2.49. The molecular weight excluding hydrogens is 334 g/mol. The molecule has 0 radical (unpaired) electrons. The molecule has 3 N–H and O–H groups in total. The first kappa shape index (κ1) is 18.8. The van der Waals surface area contributed by atoms with Gasteiger partial charge in [-0.15, -0.1) is 5.10 Å². The van der Waals surface area contributed by atoms with Gasteiger partial charge < -0.3 is 16.0 Å². The summed E-state index contributed by atoms with van der Waals surface area (Å²) >= 11 is 0. The minimum absolute atomic E-state index is 0.0490. The number of carbonyl (C=O) groups is 2. The largest absolute Gasteiger partial charge is 0.355 e. The van der Waals surface area contributed by atoms with Gasteiger partial charge in [0.25, 0.3) is 0 Å². The average molecular weight is 363 g/mol. The zero-order valence-electron chi connectivity index (χ0n) is 15.6. The number of carbonyl (C=O) groups excluding carboxylic acids is 2. The van der Waals surface area contributed by atoms with Gasteiger partial charge in [-0.2, -0.15) is 0 Å². The number of hydrogen-bond donors (Lipinski definition) is 3. The van der Waals surface area contributed by atoms with Gasteiger partial charge in [-0.3, -0.25) is 19.2 Å². The number of aromatic nitrogens is 3. The molecule has 144 valence electrons. The van der Waals surface area contributed by atoms with Crippen LogP contribution in [-0.4, -0.2) is 71.0 Å². The molecule has 2 amide bonds. The fourth-order valence-corrected chi connectivity index (χ4v) is 4.09. The molecule has 3 saturated heterocycles. The number of rotatable bonds is 8. The van der Waals surface area contributed by atoms with Crippen molar-refractivity contribution in [3.63, 3.8) is 0 Å². The predicted octanol–water partition coefficient (Wildman–Crippen LogP) is -1.04. The predicted molar refractivity (Wildman–Crippen MR) is 96.1 cm³/mol. The topological polar surface area (TPSA) is 104 Å². The lowest BCUT2D eigenvalue weighted by Crippen LogP contribution is -2.58. The van der Waals surface area contributed by atoms with Gasteiger partial charge in [0.15, 0.2) is 0 Å². The van der Waals surface area contributed by atoms with Crippen LogP contribution in [0.15, 0.2) is 6.20 Å². The van der Waals surface area contributed by atoms with E-state index in [0.717, 1.165) is 44.7 Å². The number of hydrogen-bond acceptors (Lipinski definition) is 6. The fraction of sp³-hybridized carbons (Fsp3) is 0.765. The van der Waals surface area contributed by atoms with Crippen molar-refractivity contribution in [1.29, 1.82) is 0 Å². The summed E-state index contributed by atoms with van der Waals surface area (Å²) in [6, 6.07) is 0.418. The first-order chi connectivity index (χ1) is 12.6. The molecule has 9 nitrogen and oxygen atoms in total. The van der Waals surface area contributed by atoms with E-state index < -0.39 is 0 Å². The van der Waals surface area contributed by atoms with Gasteiger partial charge in [-0.1, -0.05) is 5.21 Å². The molecule has 0 aliphatic carbocycles. The SMILES string of the molecule is CNCc1cn(C[C@H]2C[C@H]3CCN2C[C@@H]3C(=O)NCCNC(C)=O)nn1. The Kier molecular flexibility index (Phi) is 6.20. The van der Waals surface area contributed by atoms with E-state index in [1.807, 2.05) is 17.9 Å². The van der Waals surface area contributed by atoms with Gasteiger partial charge in [0.2, 0.25) is 11.8 Å². The van der Waals surface area contributed by atoms with Crippen LogP contribution in [0, 0.1) is 11.8 Å². The van der Waals surface area contributed by atoms with Crippen molar-refractivity contribution >= 4 is 11.8 Å². The van der Waals surface area contributed by atoms with Crippen molar-refractivity contribution in [3.8, 4) is 0 Å². The monoisotopic (exact) mass is 363 g/mol. The lowest BCUT2D eigenvalue weighted by atomic mass is 9.75. The summed E-state index contributed by atoms with van der Waals surface area (Å²) in [4.78, 5) is 25.8. The van der Waals surface area contributed by atoms with Crippen molar-refractivity contribution < 1.29 is 9.59 Å². The van der Waals surface area contributed by atoms with Crippen molar-refractivity contribution in [3.05, 3.63) is 11.9 Å². The molecule has 0 saturated carbocycles. The van der Waals surface area contributed by atoms with Gasteiger partial charge in [0.05, 0.1) is 18.2 Å². The Morgan fingerprint density at radius 3 is 2.81 bits per heavy atom. The van der Waals surface area contributed by atoms with Crippen molar-refractivity contribution in [1.82, 2.24) is 35.8 Å². The Morgan fingerprint density at radius 2 is 2.12 bits per heavy atom. The van der Waals surface area contributed by atoms with Crippen LogP contribution in [0.3, 0.4) is 0 Å². The first-order valence-electron chi connectivity index (χ1n) is 9.36. The molecule has 4 rings (SSSR count). The molecule has 4 heterocycles. The third kappa shape index (κ3) is 4.59. The Bertz CT molecular complexity index is 632. The van der Waals surface area contributed by atoms with Crippen LogP contribution in [0.4, 0.5) is 0 Å². The zero-order chi connectivity index (χ0) is 18.5. The van der Waals surface area contributed by atoms with Crippen molar-refractivity contribution in [2.45, 2.75) is 38.9 Å². The molecule has 1 unspecified atom stereocenters. The van der Waals surface area contributed by atoms with Crippen LogP contribution in [-0.2, 0) is 22.7 Å². The summed E-state index contributed by atoms with van der Waals surface area (Å²) in [5.41, 5.74) is 0.944. The minimum atomic E-state index is -0.0732. The highest BCUT2D eigenvalue weighted by Gasteiger charge is 2.43. The molecular formula is C17H29N7O2. The highest BCUT2D eigenvalue weighted by Crippen LogP contribution is 2.36. The number of amides is 2. The second-order valence-corrected chi connectivity index (χ2v) is 7.28. The van der Waals surface area contributed by atoms with Crippen LogP contribution in [0.1, 0.15) is 25.5 Å². The van der Waals surface area contributed by atoms with E-state index in [2.05, 4.69) is 31.2 Å². The Morgan fingerprint density at radius 1 is 1.31 bits per heavy atom. The highest BCUT2D eigenvalue weighted by molar-refractivity contribution is 5.79. The van der Waals surface area contributed by atoms with Crippen molar-refractivity contribution in [2.75, 3.05) is 33.2 Å². The third-order valence-corrected chi connectivity index (χ3v) is 5.36. The number of nitrogens with zero attached hydrogens (tertiary/aromatic N) is 4. The lowest BCUT2D eigenvalue weighted by molar-refractivity contribution is -0.133. The van der Waals surface area contributed by atoms with E-state index in [0.29, 0.717) is 25.0 Å². The van der Waals surface area contributed by atoms with Crippen LogP contribution >= 0.6 is 0 Å². The summed E-state index contributed by atoms with van der Waals surface area (Å²) in [5, 5.41) is 17.1. The van der Waals surface area contributed by atoms with E-state index >= 15 is 0 Å². The van der Waals surface area contributed by atoms with Crippen LogP contribution in [0.5, 0.6) is 0 Å². The second-order valence-electron chi connectivity index (χ2n) is 7.28. The molecule has 4 atom stereocenters. The molecule has 1 aromatic rings. The maximum absolute atomic E-state index is 12.5. The summed E-state index contributed by atoms with van der Waals surface area (Å²) in [5.74, 6) is 0.510. The number of fused-ring (bicyclic) bond motifs is 3. The maximum atomic E-state index is 12.5. The summed E-state index contributed by atoms with van der Waals surface area (Å²) in [6.45, 7) is 5.83. The van der Waals surface area contributed by atoms with Gasteiger partial charge in [-0.25, -0.2) is 0 Å². The summed E-state index contributed by atoms with van der Waals surface area (Å²) in [7, 11) is 1.90. The standard InChI is InChI=1S/C17H29N7O2/c1-12(25)19-4-5-20-17(26)16-11-23-6-3-13(16)7-15(23)10-24-9-14(8-18-2)21-22-24/h9,13,15-16,18H,3-8,10-11H2,1-2H3,(H,19,25)(H,20,26)/t13-,15-,16+/m1/s1. The van der Waals surface area contributed by atoms with E-state index in [9.17, 15) is 9.59 Å². The quantitative estimate of drug-likeness (QED) is 0.510. The van der Waals surface area contributed by atoms with Gasteiger partial charge in [-0.05, 0) is 32.4 Å². The average Bonchev–Trinajstić information content (AvgIpc) is 3.06. The fourth-order valence-electron chi connectivity index (χ4n) is 4.09. The number of nitrogens with one attached hydrogen (secondary N) is 3. The van der Waals surface area contributed by atoms with E-state index in [-0.39, 0.29) is 17.7 Å². The van der Waals surface area contributed by atoms with E-state index in [1.165, 1.54) is 6.92 Å². The highest BCUT2D eigenvalue weighted by atomic mass is 16.2. The van der Waals surface area contributed by atoms with Gasteiger partial charge in [0.1, 0.15) is 0 Å². The summed E-state index contributed by atoms with van der Waals surface area (Å²) < 4.78 is 1.92. The van der Waals surface area contributed by atoms with Gasteiger partial charge >= 0.3 is 0 Å². The molecule has 3 fully saturated rings. The van der Waals surface area contributed by atoms with E-state index in [1.54, 1.807) is 0 Å².